The first-order chi connectivity index (χ1) is 18.5. The average molecular weight is 568 g/mol. The van der Waals surface area contributed by atoms with E-state index in [1.165, 1.54) is 31.2 Å². The fourth-order valence-electron chi connectivity index (χ4n) is 6.84. The van der Waals surface area contributed by atoms with Crippen LogP contribution in [0, 0.1) is 34.4 Å². The van der Waals surface area contributed by atoms with Gasteiger partial charge >= 0.3 is 18.1 Å². The predicted molar refractivity (Wildman–Crippen MR) is 138 cm³/mol. The Morgan fingerprint density at radius 2 is 1.73 bits per heavy atom. The number of carbonyl (C=O) groups excluding carboxylic acids is 2. The molecular formula is C29H39F2NO8. The maximum absolute atomic E-state index is 15.3. The molecule has 0 saturated heterocycles. The van der Waals surface area contributed by atoms with E-state index in [0.717, 1.165) is 6.42 Å². The molecule has 3 N–H and O–H groups in total. The van der Waals surface area contributed by atoms with Crippen LogP contribution in [-0.4, -0.2) is 52.9 Å². The van der Waals surface area contributed by atoms with Crippen LogP contribution in [0.25, 0.3) is 0 Å². The lowest BCUT2D eigenvalue weighted by atomic mass is 9.64. The summed E-state index contributed by atoms with van der Waals surface area (Å²) in [6.07, 6.45) is -2.68. The number of nitrogens with two attached hydrogens (primary N) is 1. The van der Waals surface area contributed by atoms with Crippen LogP contribution in [-0.2, 0) is 35.1 Å². The van der Waals surface area contributed by atoms with E-state index in [2.05, 4.69) is 27.7 Å². The SMILES string of the molecule is CCC1(C)[C@@H](OC(=O)OC(C)OC(=O)[C@@]2(N)[C@H]3[C@@H](C[C@H]2OCc2ccc(F)cc2)[C@]3(F)C(=O)O)C[C@@H](C)C1(C)C. The third-order valence-electron chi connectivity index (χ3n) is 10.3. The number of rotatable bonds is 9. The summed E-state index contributed by atoms with van der Waals surface area (Å²) in [4.78, 5) is 37.7. The van der Waals surface area contributed by atoms with Crippen molar-refractivity contribution in [2.75, 3.05) is 0 Å². The third-order valence-corrected chi connectivity index (χ3v) is 10.3. The third kappa shape index (κ3) is 4.64. The van der Waals surface area contributed by atoms with Crippen LogP contribution in [0.2, 0.25) is 0 Å². The molecule has 3 aliphatic rings. The lowest BCUT2D eigenvalue weighted by molar-refractivity contribution is -0.184. The van der Waals surface area contributed by atoms with Crippen LogP contribution in [0.5, 0.6) is 0 Å². The summed E-state index contributed by atoms with van der Waals surface area (Å²) in [7, 11) is 0. The summed E-state index contributed by atoms with van der Waals surface area (Å²) >= 11 is 0. The summed E-state index contributed by atoms with van der Waals surface area (Å²) < 4.78 is 50.5. The number of carboxylic acids is 1. The number of hydrogen-bond donors (Lipinski definition) is 2. The van der Waals surface area contributed by atoms with E-state index in [1.54, 1.807) is 0 Å². The zero-order valence-corrected chi connectivity index (χ0v) is 23.7. The van der Waals surface area contributed by atoms with E-state index < -0.39 is 65.5 Å². The molecule has 0 aliphatic heterocycles. The number of aliphatic carboxylic acids is 1. The molecule has 4 rings (SSSR count). The number of fused-ring (bicyclic) bond motifs is 1. The highest BCUT2D eigenvalue weighted by atomic mass is 19.1. The largest absolute Gasteiger partial charge is 0.511 e. The maximum atomic E-state index is 15.3. The fraction of sp³-hybridized carbons (Fsp3) is 0.690. The Balaban J connectivity index is 1.43. The zero-order valence-electron chi connectivity index (χ0n) is 23.7. The summed E-state index contributed by atoms with van der Waals surface area (Å²) in [5, 5.41) is 9.46. The summed E-state index contributed by atoms with van der Waals surface area (Å²) in [5.74, 6) is -5.47. The van der Waals surface area contributed by atoms with Gasteiger partial charge in [0.2, 0.25) is 12.0 Å². The molecule has 2 unspecified atom stereocenters. The minimum Gasteiger partial charge on any atom is -0.479 e. The Kier molecular flexibility index (Phi) is 7.73. The van der Waals surface area contributed by atoms with Gasteiger partial charge in [0.25, 0.3) is 0 Å². The lowest BCUT2D eigenvalue weighted by Crippen LogP contribution is -2.61. The number of alkyl halides is 1. The Hall–Kier alpha value is -2.79. The Labute approximate surface area is 232 Å². The second-order valence-electron chi connectivity index (χ2n) is 12.3. The van der Waals surface area contributed by atoms with Crippen molar-refractivity contribution in [3.05, 3.63) is 35.6 Å². The minimum absolute atomic E-state index is 0.0757. The van der Waals surface area contributed by atoms with Gasteiger partial charge in [0.15, 0.2) is 0 Å². The average Bonchev–Trinajstić information content (AvgIpc) is 3.30. The first kappa shape index (κ1) is 30.2. The normalized spacial score (nSPS) is 38.3. The highest BCUT2D eigenvalue weighted by Gasteiger charge is 2.85. The topological polar surface area (TPSA) is 134 Å². The highest BCUT2D eigenvalue weighted by molar-refractivity contribution is 5.91. The second kappa shape index (κ2) is 10.2. The molecule has 0 radical (unpaired) electrons. The number of benzene rings is 1. The fourth-order valence-corrected chi connectivity index (χ4v) is 6.84. The number of hydrogen-bond acceptors (Lipinski definition) is 8. The summed E-state index contributed by atoms with van der Waals surface area (Å²) in [6, 6.07) is 5.44. The number of ether oxygens (including phenoxy) is 4. The molecule has 11 heteroatoms. The predicted octanol–water partition coefficient (Wildman–Crippen LogP) is 4.74. The van der Waals surface area contributed by atoms with E-state index in [9.17, 15) is 23.9 Å². The van der Waals surface area contributed by atoms with Gasteiger partial charge in [0, 0.05) is 24.2 Å². The van der Waals surface area contributed by atoms with Crippen LogP contribution in [0.15, 0.2) is 24.3 Å². The van der Waals surface area contributed by atoms with Gasteiger partial charge in [-0.2, -0.15) is 0 Å². The Morgan fingerprint density at radius 3 is 2.30 bits per heavy atom. The molecule has 9 nitrogen and oxygen atoms in total. The first-order valence-electron chi connectivity index (χ1n) is 13.7. The van der Waals surface area contributed by atoms with Crippen LogP contribution >= 0.6 is 0 Å². The van der Waals surface area contributed by atoms with E-state index in [0.29, 0.717) is 17.9 Å². The molecule has 1 aromatic rings. The van der Waals surface area contributed by atoms with E-state index in [4.69, 9.17) is 24.7 Å². The van der Waals surface area contributed by atoms with Crippen LogP contribution in [0.4, 0.5) is 13.6 Å². The van der Waals surface area contributed by atoms with Crippen molar-refractivity contribution >= 4 is 18.1 Å². The molecule has 0 aromatic heterocycles. The van der Waals surface area contributed by atoms with E-state index >= 15 is 4.39 Å². The van der Waals surface area contributed by atoms with Gasteiger partial charge in [-0.1, -0.05) is 46.8 Å². The molecule has 40 heavy (non-hydrogen) atoms. The molecule has 3 fully saturated rings. The zero-order chi connectivity index (χ0) is 29.8. The molecule has 1 aromatic carbocycles. The molecule has 3 aliphatic carbocycles. The van der Waals surface area contributed by atoms with Gasteiger partial charge < -0.3 is 29.8 Å². The van der Waals surface area contributed by atoms with Gasteiger partial charge in [-0.05, 0) is 48.3 Å². The second-order valence-corrected chi connectivity index (χ2v) is 12.3. The summed E-state index contributed by atoms with van der Waals surface area (Å²) in [5.41, 5.74) is 1.73. The molecule has 9 atom stereocenters. The maximum Gasteiger partial charge on any atom is 0.511 e. The molecule has 222 valence electrons. The van der Waals surface area contributed by atoms with Crippen molar-refractivity contribution in [2.24, 2.45) is 34.3 Å². The quantitative estimate of drug-likeness (QED) is 0.320. The molecule has 3 saturated carbocycles. The van der Waals surface area contributed by atoms with E-state index in [1.807, 2.05) is 6.92 Å². The molecular weight excluding hydrogens is 528 g/mol. The lowest BCUT2D eigenvalue weighted by Gasteiger charge is -2.42. The van der Waals surface area contributed by atoms with Crippen molar-refractivity contribution in [3.63, 3.8) is 0 Å². The summed E-state index contributed by atoms with van der Waals surface area (Å²) in [6.45, 7) is 11.7. The Morgan fingerprint density at radius 1 is 1.10 bits per heavy atom. The van der Waals surface area contributed by atoms with Gasteiger partial charge in [0.1, 0.15) is 17.5 Å². The van der Waals surface area contributed by atoms with Crippen molar-refractivity contribution in [1.82, 2.24) is 0 Å². The molecule has 0 amide bonds. The van der Waals surface area contributed by atoms with Gasteiger partial charge in [-0.3, -0.25) is 0 Å². The van der Waals surface area contributed by atoms with Crippen molar-refractivity contribution in [2.45, 2.75) is 97.1 Å². The number of halogens is 2. The highest BCUT2D eigenvalue weighted by Crippen LogP contribution is 2.67. The van der Waals surface area contributed by atoms with Gasteiger partial charge in [-0.25, -0.2) is 23.2 Å². The molecule has 0 heterocycles. The minimum atomic E-state index is -2.71. The van der Waals surface area contributed by atoms with Crippen LogP contribution in [0.3, 0.4) is 0 Å². The number of esters is 1. The van der Waals surface area contributed by atoms with E-state index in [-0.39, 0.29) is 23.9 Å². The smallest absolute Gasteiger partial charge is 0.479 e. The molecule has 0 bridgehead atoms. The molecule has 0 spiro atoms. The van der Waals surface area contributed by atoms with Crippen molar-refractivity contribution < 1.29 is 47.2 Å². The van der Waals surface area contributed by atoms with Crippen molar-refractivity contribution in [1.29, 1.82) is 0 Å². The number of carbonyl (C=O) groups is 3. The van der Waals surface area contributed by atoms with Crippen molar-refractivity contribution in [3.8, 4) is 0 Å². The van der Waals surface area contributed by atoms with Gasteiger partial charge in [0.05, 0.1) is 12.7 Å². The number of carboxylic acid groups (broad SMARTS) is 1. The standard InChI is InChI=1S/C29H39F2NO8/c1-7-27(6)20(12-15(2)26(27,4)5)40-25(36)39-16(3)38-24(35)29(32)21(13-19-22(29)28(19,31)23(33)34)37-14-17-8-10-18(30)11-9-17/h8-11,15-16,19-22H,7,12-14,32H2,1-6H3,(H,33,34)/t15-,16?,19-,20+,21-,22+,27?,28-,29+/m1/s1. The van der Waals surface area contributed by atoms with Gasteiger partial charge in [-0.15, -0.1) is 0 Å². The monoisotopic (exact) mass is 567 g/mol. The van der Waals surface area contributed by atoms with Crippen LogP contribution in [0.1, 0.15) is 66.4 Å². The Bertz CT molecular complexity index is 1160. The first-order valence-corrected chi connectivity index (χ1v) is 13.7. The van der Waals surface area contributed by atoms with Crippen LogP contribution < -0.4 is 5.73 Å².